The van der Waals surface area contributed by atoms with Crippen molar-refractivity contribution < 1.29 is 4.74 Å². The van der Waals surface area contributed by atoms with Gasteiger partial charge in [0.05, 0.1) is 11.6 Å². The van der Waals surface area contributed by atoms with Gasteiger partial charge in [-0.2, -0.15) is 0 Å². The van der Waals surface area contributed by atoms with Crippen LogP contribution in [0.5, 0.6) is 5.75 Å². The molecule has 0 saturated carbocycles. The summed E-state index contributed by atoms with van der Waals surface area (Å²) in [7, 11) is 0. The lowest BCUT2D eigenvalue weighted by molar-refractivity contribution is 0.309. The van der Waals surface area contributed by atoms with Crippen LogP contribution in [0.1, 0.15) is 19.8 Å². The molecule has 0 amide bonds. The first kappa shape index (κ1) is 12.0. The van der Waals surface area contributed by atoms with E-state index in [1.165, 1.54) is 11.1 Å². The van der Waals surface area contributed by atoms with E-state index < -0.39 is 0 Å². The van der Waals surface area contributed by atoms with E-state index in [-0.39, 0.29) is 0 Å². The Bertz CT molecular complexity index is 461. The monoisotopic (exact) mass is 247 g/mol. The largest absolute Gasteiger partial charge is 0.494 e. The summed E-state index contributed by atoms with van der Waals surface area (Å²) in [6.45, 7) is 2.95. The first-order valence-electron chi connectivity index (χ1n) is 5.87. The molecule has 1 aromatic carbocycles. The first-order valence-corrected chi connectivity index (χ1v) is 6.75. The zero-order valence-corrected chi connectivity index (χ0v) is 10.8. The molecule has 90 valence electrons. The van der Waals surface area contributed by atoms with Gasteiger partial charge in [-0.25, -0.2) is 0 Å². The summed E-state index contributed by atoms with van der Waals surface area (Å²) in [5.74, 6) is 0.936. The van der Waals surface area contributed by atoms with Crippen LogP contribution in [0.25, 0.3) is 11.1 Å². The van der Waals surface area contributed by atoms with Crippen molar-refractivity contribution in [3.63, 3.8) is 0 Å². The molecule has 2 aromatic rings. The molecule has 0 aliphatic rings. The van der Waals surface area contributed by atoms with Crippen LogP contribution in [0.2, 0.25) is 0 Å². The summed E-state index contributed by atoms with van der Waals surface area (Å²) in [5, 5.41) is 2.92. The Morgan fingerprint density at radius 3 is 2.53 bits per heavy atom. The molecule has 0 bridgehead atoms. The number of anilines is 1. The smallest absolute Gasteiger partial charge is 0.119 e. The number of nitrogens with two attached hydrogens (primary N) is 1. The van der Waals surface area contributed by atoms with Crippen LogP contribution >= 0.6 is 11.3 Å². The van der Waals surface area contributed by atoms with Crippen LogP contribution in [0, 0.1) is 0 Å². The molecule has 0 saturated heterocycles. The quantitative estimate of drug-likeness (QED) is 0.805. The lowest BCUT2D eigenvalue weighted by atomic mass is 10.1. The number of nitrogen functional groups attached to an aromatic ring is 1. The van der Waals surface area contributed by atoms with Crippen molar-refractivity contribution in [2.24, 2.45) is 0 Å². The van der Waals surface area contributed by atoms with Crippen molar-refractivity contribution in [1.82, 2.24) is 0 Å². The van der Waals surface area contributed by atoms with Crippen LogP contribution in [-0.4, -0.2) is 6.61 Å². The summed E-state index contributed by atoms with van der Waals surface area (Å²) in [6, 6.07) is 10.2. The molecule has 2 rings (SSSR count). The van der Waals surface area contributed by atoms with Crippen LogP contribution in [0.4, 0.5) is 5.00 Å². The van der Waals surface area contributed by atoms with Gasteiger partial charge in [0, 0.05) is 5.38 Å². The lowest BCUT2D eigenvalue weighted by Crippen LogP contribution is -1.95. The molecule has 2 nitrogen and oxygen atoms in total. The van der Waals surface area contributed by atoms with Crippen molar-refractivity contribution in [2.45, 2.75) is 19.8 Å². The molecule has 17 heavy (non-hydrogen) atoms. The van der Waals surface area contributed by atoms with E-state index >= 15 is 0 Å². The zero-order valence-electron chi connectivity index (χ0n) is 9.98. The van der Waals surface area contributed by atoms with E-state index in [2.05, 4.69) is 24.4 Å². The van der Waals surface area contributed by atoms with Crippen molar-refractivity contribution in [2.75, 3.05) is 12.3 Å². The number of benzene rings is 1. The Morgan fingerprint density at radius 1 is 1.18 bits per heavy atom. The Balaban J connectivity index is 2.02. The Kier molecular flexibility index (Phi) is 4.04. The third-order valence-electron chi connectivity index (χ3n) is 2.57. The molecule has 0 atom stereocenters. The van der Waals surface area contributed by atoms with Crippen LogP contribution in [-0.2, 0) is 0 Å². The summed E-state index contributed by atoms with van der Waals surface area (Å²) >= 11 is 1.57. The van der Waals surface area contributed by atoms with Crippen LogP contribution in [0.15, 0.2) is 35.7 Å². The number of hydrogen-bond acceptors (Lipinski definition) is 3. The fourth-order valence-corrected chi connectivity index (χ4v) is 2.24. The van der Waals surface area contributed by atoms with Crippen molar-refractivity contribution in [3.05, 3.63) is 35.7 Å². The van der Waals surface area contributed by atoms with Gasteiger partial charge in [0.2, 0.25) is 0 Å². The standard InChI is InChI=1S/C14H17NOS/c1-2-3-8-16-13-6-4-11(5-7-13)12-9-14(15)17-10-12/h4-7,9-10H,2-3,8,15H2,1H3. The molecule has 0 radical (unpaired) electrons. The molecule has 0 unspecified atom stereocenters. The summed E-state index contributed by atoms with van der Waals surface area (Å²) in [6.07, 6.45) is 2.26. The third kappa shape index (κ3) is 3.24. The first-order chi connectivity index (χ1) is 8.29. The number of unbranched alkanes of at least 4 members (excludes halogenated alkanes) is 1. The minimum atomic E-state index is 0.793. The second-order valence-corrected chi connectivity index (χ2v) is 4.91. The molecular formula is C14H17NOS. The van der Waals surface area contributed by atoms with Crippen molar-refractivity contribution >= 4 is 16.3 Å². The highest BCUT2D eigenvalue weighted by molar-refractivity contribution is 7.14. The second kappa shape index (κ2) is 5.73. The van der Waals surface area contributed by atoms with Crippen LogP contribution < -0.4 is 10.5 Å². The topological polar surface area (TPSA) is 35.2 Å². The average Bonchev–Trinajstić information content (AvgIpc) is 2.77. The maximum absolute atomic E-state index is 5.72. The third-order valence-corrected chi connectivity index (χ3v) is 3.34. The SMILES string of the molecule is CCCCOc1ccc(-c2csc(N)c2)cc1. The van der Waals surface area contributed by atoms with Gasteiger partial charge in [-0.3, -0.25) is 0 Å². The van der Waals surface area contributed by atoms with Crippen molar-refractivity contribution in [3.8, 4) is 16.9 Å². The molecule has 0 aliphatic carbocycles. The van der Waals surface area contributed by atoms with Gasteiger partial charge in [0.25, 0.3) is 0 Å². The molecule has 3 heteroatoms. The molecule has 1 aromatic heterocycles. The summed E-state index contributed by atoms with van der Waals surface area (Å²) in [4.78, 5) is 0. The fourth-order valence-electron chi connectivity index (χ4n) is 1.58. The highest BCUT2D eigenvalue weighted by atomic mass is 32.1. The maximum atomic E-state index is 5.72. The Labute approximate surface area is 106 Å². The highest BCUT2D eigenvalue weighted by Gasteiger charge is 2.01. The predicted molar refractivity (Wildman–Crippen MR) is 74.6 cm³/mol. The van der Waals surface area contributed by atoms with E-state index in [0.717, 1.165) is 30.2 Å². The number of hydrogen-bond donors (Lipinski definition) is 1. The number of rotatable bonds is 5. The molecule has 0 fully saturated rings. The van der Waals surface area contributed by atoms with E-state index in [1.807, 2.05) is 18.2 Å². The van der Waals surface area contributed by atoms with Gasteiger partial charge >= 0.3 is 0 Å². The van der Waals surface area contributed by atoms with E-state index in [1.54, 1.807) is 11.3 Å². The van der Waals surface area contributed by atoms with Crippen LogP contribution in [0.3, 0.4) is 0 Å². The summed E-state index contributed by atoms with van der Waals surface area (Å²) in [5.41, 5.74) is 8.08. The van der Waals surface area contributed by atoms with Gasteiger partial charge in [0.1, 0.15) is 5.75 Å². The number of ether oxygens (including phenoxy) is 1. The highest BCUT2D eigenvalue weighted by Crippen LogP contribution is 2.28. The Morgan fingerprint density at radius 2 is 1.94 bits per heavy atom. The minimum Gasteiger partial charge on any atom is -0.494 e. The molecular weight excluding hydrogens is 230 g/mol. The van der Waals surface area contributed by atoms with E-state index in [4.69, 9.17) is 10.5 Å². The van der Waals surface area contributed by atoms with Gasteiger partial charge < -0.3 is 10.5 Å². The van der Waals surface area contributed by atoms with E-state index in [0.29, 0.717) is 0 Å². The van der Waals surface area contributed by atoms with E-state index in [9.17, 15) is 0 Å². The predicted octanol–water partition coefficient (Wildman–Crippen LogP) is 4.18. The molecule has 2 N–H and O–H groups in total. The van der Waals surface area contributed by atoms with Gasteiger partial charge in [-0.1, -0.05) is 25.5 Å². The Hall–Kier alpha value is -1.48. The molecule has 0 aliphatic heterocycles. The molecule has 0 spiro atoms. The number of thiophene rings is 1. The van der Waals surface area contributed by atoms with Crippen molar-refractivity contribution in [1.29, 1.82) is 0 Å². The van der Waals surface area contributed by atoms with Gasteiger partial charge in [-0.15, -0.1) is 11.3 Å². The lowest BCUT2D eigenvalue weighted by Gasteiger charge is -2.05. The normalized spacial score (nSPS) is 10.4. The second-order valence-electron chi connectivity index (χ2n) is 3.96. The van der Waals surface area contributed by atoms with Gasteiger partial charge in [-0.05, 0) is 35.7 Å². The zero-order chi connectivity index (χ0) is 12.1. The fraction of sp³-hybridized carbons (Fsp3) is 0.286. The average molecular weight is 247 g/mol. The van der Waals surface area contributed by atoms with Gasteiger partial charge in [0.15, 0.2) is 0 Å². The summed E-state index contributed by atoms with van der Waals surface area (Å²) < 4.78 is 5.62. The maximum Gasteiger partial charge on any atom is 0.119 e. The molecule has 1 heterocycles. The minimum absolute atomic E-state index is 0.793.